The maximum Gasteiger partial charge on any atom is 0.459 e. The summed E-state index contributed by atoms with van der Waals surface area (Å²) in [6.07, 6.45) is -4.82. The number of alkyl halides is 5. The fourth-order valence-corrected chi connectivity index (χ4v) is 3.79. The maximum absolute atomic E-state index is 14.2. The molecule has 2 aromatic carbocycles. The molecule has 0 spiro atoms. The summed E-state index contributed by atoms with van der Waals surface area (Å²) in [5.74, 6) is -5.14. The summed E-state index contributed by atoms with van der Waals surface area (Å²) >= 11 is 5.81. The van der Waals surface area contributed by atoms with Gasteiger partial charge in [0.1, 0.15) is 5.69 Å². The van der Waals surface area contributed by atoms with Crippen LogP contribution in [0.15, 0.2) is 53.4 Å². The van der Waals surface area contributed by atoms with Gasteiger partial charge in [0.15, 0.2) is 9.84 Å². The summed E-state index contributed by atoms with van der Waals surface area (Å²) in [4.78, 5) is -0.0182. The summed E-state index contributed by atoms with van der Waals surface area (Å²) in [5, 5.41) is 6.02. The predicted molar refractivity (Wildman–Crippen MR) is 106 cm³/mol. The van der Waals surface area contributed by atoms with Gasteiger partial charge in [-0.15, -0.1) is 0 Å². The molecular formula is C20H16ClF5N2O2S. The van der Waals surface area contributed by atoms with Gasteiger partial charge < -0.3 is 0 Å². The normalized spacial score (nSPS) is 12.9. The largest absolute Gasteiger partial charge is 0.459 e. The highest BCUT2D eigenvalue weighted by atomic mass is 35.5. The number of aryl methyl sites for hydroxylation is 1. The number of sulfone groups is 1. The van der Waals surface area contributed by atoms with E-state index in [0.717, 1.165) is 6.26 Å². The summed E-state index contributed by atoms with van der Waals surface area (Å²) in [6, 6.07) is 11.6. The second kappa shape index (κ2) is 8.23. The van der Waals surface area contributed by atoms with Crippen molar-refractivity contribution in [3.63, 3.8) is 0 Å². The molecule has 1 heterocycles. The topological polar surface area (TPSA) is 62.8 Å². The number of hydrogen-bond acceptors (Lipinski definition) is 3. The number of benzene rings is 2. The standard InChI is InChI=1S/C20H16ClF5N2O2S/c1-31(29,30)15-9-5-13(6-10-15)17-16(11-4-12-2-7-14(21)8-3-12)18(28-27-17)19(22,23)20(24,25)26/h2-3,5-10H,4,11H2,1H3,(H,27,28). The van der Waals surface area contributed by atoms with Crippen LogP contribution in [0.25, 0.3) is 11.3 Å². The van der Waals surface area contributed by atoms with Crippen LogP contribution in [0.5, 0.6) is 0 Å². The highest BCUT2D eigenvalue weighted by molar-refractivity contribution is 7.90. The van der Waals surface area contributed by atoms with Crippen molar-refractivity contribution in [1.82, 2.24) is 10.2 Å². The molecule has 0 saturated carbocycles. The van der Waals surface area contributed by atoms with Crippen LogP contribution in [-0.4, -0.2) is 31.0 Å². The summed E-state index contributed by atoms with van der Waals surface area (Å²) < 4.78 is 90.6. The van der Waals surface area contributed by atoms with Gasteiger partial charge >= 0.3 is 12.1 Å². The van der Waals surface area contributed by atoms with E-state index in [9.17, 15) is 30.4 Å². The number of halogens is 6. The molecule has 0 saturated heterocycles. The third-order valence-electron chi connectivity index (χ3n) is 4.67. The Labute approximate surface area is 180 Å². The average Bonchev–Trinajstić information content (AvgIpc) is 3.10. The molecule has 3 aromatic rings. The third-order valence-corrected chi connectivity index (χ3v) is 6.05. The van der Waals surface area contributed by atoms with Gasteiger partial charge in [-0.05, 0) is 42.7 Å². The molecule has 0 bridgehead atoms. The molecule has 0 amide bonds. The van der Waals surface area contributed by atoms with E-state index in [-0.39, 0.29) is 34.6 Å². The monoisotopic (exact) mass is 478 g/mol. The SMILES string of the molecule is CS(=O)(=O)c1ccc(-c2n[nH]c(C(F)(F)C(F)(F)F)c2CCc2ccc(Cl)cc2)cc1. The first-order valence-corrected chi connectivity index (χ1v) is 11.1. The van der Waals surface area contributed by atoms with Crippen LogP contribution in [0.3, 0.4) is 0 Å². The quantitative estimate of drug-likeness (QED) is 0.471. The second-order valence-electron chi connectivity index (χ2n) is 6.92. The fourth-order valence-electron chi connectivity index (χ4n) is 3.03. The molecule has 11 heteroatoms. The number of nitrogens with zero attached hydrogens (tertiary/aromatic N) is 1. The maximum atomic E-state index is 14.2. The number of aromatic nitrogens is 2. The third kappa shape index (κ3) is 4.90. The predicted octanol–water partition coefficient (Wildman–Crippen LogP) is 5.57. The van der Waals surface area contributed by atoms with Crippen LogP contribution in [0.2, 0.25) is 5.02 Å². The van der Waals surface area contributed by atoms with Crippen molar-refractivity contribution >= 4 is 21.4 Å². The molecule has 0 aliphatic heterocycles. The fraction of sp³-hybridized carbons (Fsp3) is 0.250. The van der Waals surface area contributed by atoms with Crippen molar-refractivity contribution in [3.8, 4) is 11.3 Å². The minimum Gasteiger partial charge on any atom is -0.275 e. The summed E-state index contributed by atoms with van der Waals surface area (Å²) in [5.41, 5.74) is -0.849. The van der Waals surface area contributed by atoms with Crippen molar-refractivity contribution in [1.29, 1.82) is 0 Å². The molecule has 0 radical (unpaired) electrons. The van der Waals surface area contributed by atoms with Gasteiger partial charge in [0, 0.05) is 22.4 Å². The van der Waals surface area contributed by atoms with Crippen molar-refractivity contribution in [2.24, 2.45) is 0 Å². The first-order valence-electron chi connectivity index (χ1n) is 8.88. The zero-order valence-corrected chi connectivity index (χ0v) is 17.5. The first kappa shape index (κ1) is 23.2. The van der Waals surface area contributed by atoms with Gasteiger partial charge in [0.2, 0.25) is 0 Å². The molecule has 0 atom stereocenters. The van der Waals surface area contributed by atoms with Gasteiger partial charge in [0.25, 0.3) is 0 Å². The van der Waals surface area contributed by atoms with Crippen molar-refractivity contribution in [3.05, 3.63) is 70.4 Å². The van der Waals surface area contributed by atoms with Crippen molar-refractivity contribution < 1.29 is 30.4 Å². The Morgan fingerprint density at radius 1 is 0.935 bits per heavy atom. The molecule has 1 aromatic heterocycles. The molecule has 1 N–H and O–H groups in total. The van der Waals surface area contributed by atoms with Gasteiger partial charge in [-0.25, -0.2) is 8.42 Å². The van der Waals surface area contributed by atoms with Gasteiger partial charge in [-0.2, -0.15) is 27.1 Å². The zero-order valence-electron chi connectivity index (χ0n) is 16.0. The Bertz CT molecular complexity index is 1170. The van der Waals surface area contributed by atoms with Gasteiger partial charge in [-0.3, -0.25) is 5.10 Å². The number of aromatic amines is 1. The lowest BCUT2D eigenvalue weighted by atomic mass is 9.97. The Hall–Kier alpha value is -2.46. The number of nitrogens with one attached hydrogen (secondary N) is 1. The van der Waals surface area contributed by atoms with Gasteiger partial charge in [-0.1, -0.05) is 35.9 Å². The molecule has 0 unspecified atom stereocenters. The molecule has 0 aliphatic carbocycles. The number of hydrogen-bond donors (Lipinski definition) is 1. The van der Waals surface area contributed by atoms with Crippen LogP contribution >= 0.6 is 11.6 Å². The highest BCUT2D eigenvalue weighted by Crippen LogP contribution is 2.46. The van der Waals surface area contributed by atoms with E-state index in [1.165, 1.54) is 24.3 Å². The molecule has 3 rings (SSSR count). The van der Waals surface area contributed by atoms with E-state index in [2.05, 4.69) is 5.10 Å². The second-order valence-corrected chi connectivity index (χ2v) is 9.37. The minimum atomic E-state index is -5.81. The lowest BCUT2D eigenvalue weighted by Gasteiger charge is -2.20. The highest BCUT2D eigenvalue weighted by Gasteiger charge is 2.61. The van der Waals surface area contributed by atoms with E-state index >= 15 is 0 Å². The Morgan fingerprint density at radius 2 is 1.52 bits per heavy atom. The summed E-state index contributed by atoms with van der Waals surface area (Å²) in [6.45, 7) is 0. The van der Waals surface area contributed by atoms with Crippen LogP contribution in [0.4, 0.5) is 22.0 Å². The molecule has 0 aliphatic rings. The summed E-state index contributed by atoms with van der Waals surface area (Å²) in [7, 11) is -3.51. The van der Waals surface area contributed by atoms with Gasteiger partial charge in [0.05, 0.1) is 10.6 Å². The molecule has 4 nitrogen and oxygen atoms in total. The molecule has 0 fully saturated rings. The van der Waals surface area contributed by atoms with E-state index in [1.807, 2.05) is 5.10 Å². The Morgan fingerprint density at radius 3 is 2.03 bits per heavy atom. The average molecular weight is 479 g/mol. The minimum absolute atomic E-state index is 0.0182. The van der Waals surface area contributed by atoms with Crippen LogP contribution < -0.4 is 0 Å². The Kier molecular flexibility index (Phi) is 6.16. The van der Waals surface area contributed by atoms with Crippen LogP contribution in [0, 0.1) is 0 Å². The van der Waals surface area contributed by atoms with E-state index < -0.39 is 27.6 Å². The van der Waals surface area contributed by atoms with Crippen molar-refractivity contribution in [2.75, 3.05) is 6.26 Å². The smallest absolute Gasteiger partial charge is 0.275 e. The first-order chi connectivity index (χ1) is 14.3. The lowest BCUT2D eigenvalue weighted by molar-refractivity contribution is -0.291. The number of rotatable bonds is 6. The van der Waals surface area contributed by atoms with E-state index in [0.29, 0.717) is 10.6 Å². The van der Waals surface area contributed by atoms with Crippen molar-refractivity contribution in [2.45, 2.75) is 29.8 Å². The Balaban J connectivity index is 2.05. The number of H-pyrrole nitrogens is 1. The zero-order chi connectivity index (χ0) is 23.0. The van der Waals surface area contributed by atoms with Crippen LogP contribution in [0.1, 0.15) is 16.8 Å². The molecule has 166 valence electrons. The lowest BCUT2D eigenvalue weighted by Crippen LogP contribution is -2.35. The van der Waals surface area contributed by atoms with E-state index in [4.69, 9.17) is 11.6 Å². The molecule has 31 heavy (non-hydrogen) atoms. The van der Waals surface area contributed by atoms with Crippen LogP contribution in [-0.2, 0) is 28.6 Å². The molecular weight excluding hydrogens is 463 g/mol. The van der Waals surface area contributed by atoms with E-state index in [1.54, 1.807) is 24.3 Å².